The highest BCUT2D eigenvalue weighted by Crippen LogP contribution is 2.10. The van der Waals surface area contributed by atoms with E-state index >= 15 is 0 Å². The van der Waals surface area contributed by atoms with E-state index in [1.54, 1.807) is 29.2 Å². The van der Waals surface area contributed by atoms with Crippen molar-refractivity contribution in [2.24, 2.45) is 5.92 Å². The molecule has 3 aromatic rings. The van der Waals surface area contributed by atoms with Crippen LogP contribution in [0.4, 0.5) is 0 Å². The van der Waals surface area contributed by atoms with E-state index in [0.717, 1.165) is 5.56 Å². The molecule has 0 radical (unpaired) electrons. The molecule has 0 N–H and O–H groups in total. The minimum atomic E-state index is -0.438. The number of carbonyl (C=O) groups is 1. The second kappa shape index (κ2) is 8.90. The minimum Gasteiger partial charge on any atom is -0.337 e. The summed E-state index contributed by atoms with van der Waals surface area (Å²) in [4.78, 5) is 40.7. The molecular formula is C23H27N3O3. The number of rotatable bonds is 7. The van der Waals surface area contributed by atoms with Gasteiger partial charge in [0, 0.05) is 19.6 Å². The average molecular weight is 393 g/mol. The molecule has 3 rings (SSSR count). The highest BCUT2D eigenvalue weighted by molar-refractivity contribution is 5.81. The van der Waals surface area contributed by atoms with Crippen LogP contribution in [0.1, 0.15) is 26.3 Å². The largest absolute Gasteiger partial charge is 0.337 e. The van der Waals surface area contributed by atoms with Crippen molar-refractivity contribution in [3.8, 4) is 0 Å². The van der Waals surface area contributed by atoms with Crippen molar-refractivity contribution >= 4 is 16.8 Å². The molecule has 0 saturated carbocycles. The first-order chi connectivity index (χ1) is 13.9. The maximum absolute atomic E-state index is 13.1. The summed E-state index contributed by atoms with van der Waals surface area (Å²) in [5.74, 6) is -0.0192. The summed E-state index contributed by atoms with van der Waals surface area (Å²) >= 11 is 0. The van der Waals surface area contributed by atoms with E-state index in [2.05, 4.69) is 0 Å². The zero-order valence-electron chi connectivity index (χ0n) is 17.2. The lowest BCUT2D eigenvalue weighted by Crippen LogP contribution is -2.44. The van der Waals surface area contributed by atoms with E-state index in [0.29, 0.717) is 30.5 Å². The summed E-state index contributed by atoms with van der Waals surface area (Å²) in [6.45, 7) is 7.06. The molecule has 0 saturated heterocycles. The molecule has 152 valence electrons. The van der Waals surface area contributed by atoms with Gasteiger partial charge in [-0.3, -0.25) is 18.7 Å². The van der Waals surface area contributed by atoms with Gasteiger partial charge in [0.25, 0.3) is 5.56 Å². The molecule has 2 aromatic carbocycles. The van der Waals surface area contributed by atoms with Crippen LogP contribution in [0.25, 0.3) is 10.9 Å². The standard InChI is InChI=1S/C23H27N3O3/c1-4-24(15-18-10-6-5-7-11-18)21(27)16-25-20-13-9-8-12-19(20)22(28)26(23(25)29)14-17(2)3/h5-13,17H,4,14-16H2,1-3H3. The third-order valence-corrected chi connectivity index (χ3v) is 4.92. The van der Waals surface area contributed by atoms with Crippen molar-refractivity contribution in [1.29, 1.82) is 0 Å². The fraction of sp³-hybridized carbons (Fsp3) is 0.348. The first kappa shape index (κ1) is 20.6. The molecule has 29 heavy (non-hydrogen) atoms. The summed E-state index contributed by atoms with van der Waals surface area (Å²) in [5.41, 5.74) is 0.780. The van der Waals surface area contributed by atoms with Crippen LogP contribution in [0.15, 0.2) is 64.2 Å². The number of aromatic nitrogens is 2. The highest BCUT2D eigenvalue weighted by atomic mass is 16.2. The van der Waals surface area contributed by atoms with Crippen molar-refractivity contribution in [3.05, 3.63) is 81.0 Å². The molecule has 0 aliphatic heterocycles. The predicted molar refractivity (Wildman–Crippen MR) is 115 cm³/mol. The van der Waals surface area contributed by atoms with Crippen LogP contribution in [0.5, 0.6) is 0 Å². The summed E-state index contributed by atoms with van der Waals surface area (Å²) in [6, 6.07) is 16.7. The number of amides is 1. The number of para-hydroxylation sites is 1. The Morgan fingerprint density at radius 2 is 1.62 bits per heavy atom. The van der Waals surface area contributed by atoms with Gasteiger partial charge in [-0.15, -0.1) is 0 Å². The molecule has 0 atom stereocenters. The lowest BCUT2D eigenvalue weighted by Gasteiger charge is -2.22. The second-order valence-electron chi connectivity index (χ2n) is 7.59. The Bertz CT molecular complexity index is 1110. The van der Waals surface area contributed by atoms with Gasteiger partial charge < -0.3 is 4.90 Å². The molecule has 1 heterocycles. The van der Waals surface area contributed by atoms with Crippen LogP contribution in [0.2, 0.25) is 0 Å². The average Bonchev–Trinajstić information content (AvgIpc) is 2.73. The van der Waals surface area contributed by atoms with Gasteiger partial charge in [0.05, 0.1) is 10.9 Å². The molecule has 6 heteroatoms. The Morgan fingerprint density at radius 3 is 2.28 bits per heavy atom. The van der Waals surface area contributed by atoms with E-state index in [1.807, 2.05) is 51.1 Å². The number of carbonyl (C=O) groups excluding carboxylic acids is 1. The van der Waals surface area contributed by atoms with Crippen LogP contribution < -0.4 is 11.2 Å². The SMILES string of the molecule is CCN(Cc1ccccc1)C(=O)Cn1c(=O)n(CC(C)C)c(=O)c2ccccc21. The number of hydrogen-bond acceptors (Lipinski definition) is 3. The molecule has 0 unspecified atom stereocenters. The molecule has 0 bridgehead atoms. The summed E-state index contributed by atoms with van der Waals surface area (Å²) in [6.07, 6.45) is 0. The van der Waals surface area contributed by atoms with Crippen LogP contribution >= 0.6 is 0 Å². The lowest BCUT2D eigenvalue weighted by atomic mass is 10.2. The van der Waals surface area contributed by atoms with Gasteiger partial charge in [0.1, 0.15) is 6.54 Å². The Balaban J connectivity index is 2.01. The lowest BCUT2D eigenvalue weighted by molar-refractivity contribution is -0.132. The fourth-order valence-electron chi connectivity index (χ4n) is 3.47. The topological polar surface area (TPSA) is 64.3 Å². The van der Waals surface area contributed by atoms with E-state index in [1.165, 1.54) is 9.13 Å². The molecule has 0 spiro atoms. The van der Waals surface area contributed by atoms with Gasteiger partial charge in [-0.25, -0.2) is 4.79 Å². The van der Waals surface area contributed by atoms with Crippen molar-refractivity contribution in [2.45, 2.75) is 40.4 Å². The van der Waals surface area contributed by atoms with Gasteiger partial charge >= 0.3 is 5.69 Å². The van der Waals surface area contributed by atoms with Gasteiger partial charge in [0.15, 0.2) is 0 Å². The van der Waals surface area contributed by atoms with Crippen LogP contribution in [0, 0.1) is 5.92 Å². The quantitative estimate of drug-likeness (QED) is 0.620. The van der Waals surface area contributed by atoms with Gasteiger partial charge in [0.2, 0.25) is 5.91 Å². The van der Waals surface area contributed by atoms with Crippen LogP contribution in [-0.2, 0) is 24.4 Å². The first-order valence-electron chi connectivity index (χ1n) is 9.96. The van der Waals surface area contributed by atoms with Crippen molar-refractivity contribution in [3.63, 3.8) is 0 Å². The maximum Gasteiger partial charge on any atom is 0.331 e. The van der Waals surface area contributed by atoms with Crippen LogP contribution in [0.3, 0.4) is 0 Å². The molecule has 6 nitrogen and oxygen atoms in total. The van der Waals surface area contributed by atoms with Crippen LogP contribution in [-0.4, -0.2) is 26.5 Å². The third kappa shape index (κ3) is 4.47. The van der Waals surface area contributed by atoms with Gasteiger partial charge in [-0.05, 0) is 30.5 Å². The number of likely N-dealkylation sites (N-methyl/N-ethyl adjacent to an activating group) is 1. The molecule has 0 aliphatic rings. The van der Waals surface area contributed by atoms with E-state index < -0.39 is 5.69 Å². The monoisotopic (exact) mass is 393 g/mol. The van der Waals surface area contributed by atoms with Gasteiger partial charge in [-0.1, -0.05) is 56.3 Å². The smallest absolute Gasteiger partial charge is 0.331 e. The predicted octanol–water partition coefficient (Wildman–Crippen LogP) is 2.87. The van der Waals surface area contributed by atoms with Crippen molar-refractivity contribution < 1.29 is 4.79 Å². The number of fused-ring (bicyclic) bond motifs is 1. The molecule has 1 amide bonds. The zero-order valence-corrected chi connectivity index (χ0v) is 17.2. The van der Waals surface area contributed by atoms with Crippen molar-refractivity contribution in [2.75, 3.05) is 6.54 Å². The third-order valence-electron chi connectivity index (χ3n) is 4.92. The molecule has 0 fully saturated rings. The fourth-order valence-corrected chi connectivity index (χ4v) is 3.47. The minimum absolute atomic E-state index is 0.0988. The van der Waals surface area contributed by atoms with Crippen molar-refractivity contribution in [1.82, 2.24) is 14.0 Å². The summed E-state index contributed by atoms with van der Waals surface area (Å²) < 4.78 is 2.67. The summed E-state index contributed by atoms with van der Waals surface area (Å²) in [5, 5.41) is 0.451. The van der Waals surface area contributed by atoms with Gasteiger partial charge in [-0.2, -0.15) is 0 Å². The molecule has 1 aromatic heterocycles. The zero-order chi connectivity index (χ0) is 21.0. The first-order valence-corrected chi connectivity index (χ1v) is 9.96. The Labute approximate surface area is 170 Å². The van der Waals surface area contributed by atoms with E-state index in [-0.39, 0.29) is 23.9 Å². The number of benzene rings is 2. The molecular weight excluding hydrogens is 366 g/mol. The normalized spacial score (nSPS) is 11.2. The number of hydrogen-bond donors (Lipinski definition) is 0. The Kier molecular flexibility index (Phi) is 6.32. The van der Waals surface area contributed by atoms with E-state index in [4.69, 9.17) is 0 Å². The number of nitrogens with zero attached hydrogens (tertiary/aromatic N) is 3. The Hall–Kier alpha value is -3.15. The second-order valence-corrected chi connectivity index (χ2v) is 7.59. The highest BCUT2D eigenvalue weighted by Gasteiger charge is 2.18. The Morgan fingerprint density at radius 1 is 0.966 bits per heavy atom. The summed E-state index contributed by atoms with van der Waals surface area (Å²) in [7, 11) is 0. The van der Waals surface area contributed by atoms with E-state index in [9.17, 15) is 14.4 Å². The molecule has 0 aliphatic carbocycles. The maximum atomic E-state index is 13.1.